The molecule has 0 aliphatic heterocycles. The molecule has 0 saturated heterocycles. The van der Waals surface area contributed by atoms with Gasteiger partial charge < -0.3 is 9.73 Å². The number of nitrogens with one attached hydrogen (secondary N) is 1. The molecular weight excluding hydrogens is 166 g/mol. The Morgan fingerprint density at radius 1 is 1.31 bits per heavy atom. The minimum absolute atomic E-state index is 0.532. The molecule has 1 aromatic heterocycles. The topological polar surface area (TPSA) is 51.0 Å². The van der Waals surface area contributed by atoms with Gasteiger partial charge >= 0.3 is 0 Å². The number of benzene rings is 1. The fourth-order valence-corrected chi connectivity index (χ4v) is 1.18. The largest absolute Gasteiger partial charge is 0.423 e. The van der Waals surface area contributed by atoms with Crippen molar-refractivity contribution in [3.63, 3.8) is 0 Å². The quantitative estimate of drug-likeness (QED) is 0.755. The van der Waals surface area contributed by atoms with Crippen LogP contribution in [-0.2, 0) is 0 Å². The van der Waals surface area contributed by atoms with Crippen LogP contribution in [0.1, 0.15) is 0 Å². The predicted molar refractivity (Wildman–Crippen MR) is 49.3 cm³/mol. The molecule has 0 aliphatic carbocycles. The van der Waals surface area contributed by atoms with E-state index in [-0.39, 0.29) is 0 Å². The van der Waals surface area contributed by atoms with Crippen molar-refractivity contribution in [2.75, 3.05) is 12.4 Å². The summed E-state index contributed by atoms with van der Waals surface area (Å²) in [7, 11) is 1.86. The van der Waals surface area contributed by atoms with Gasteiger partial charge in [-0.3, -0.25) is 0 Å². The first kappa shape index (κ1) is 7.79. The van der Waals surface area contributed by atoms with Crippen molar-refractivity contribution in [1.82, 2.24) is 10.2 Å². The van der Waals surface area contributed by atoms with Crippen molar-refractivity contribution in [2.24, 2.45) is 0 Å². The van der Waals surface area contributed by atoms with Crippen LogP contribution in [0, 0.1) is 0 Å². The molecule has 1 heterocycles. The Labute approximate surface area is 75.6 Å². The van der Waals surface area contributed by atoms with E-state index >= 15 is 0 Å². The third-order valence-electron chi connectivity index (χ3n) is 1.79. The van der Waals surface area contributed by atoms with Crippen LogP contribution in [0.25, 0.3) is 11.5 Å². The van der Waals surface area contributed by atoms with Gasteiger partial charge in [-0.1, -0.05) is 12.1 Å². The molecule has 0 unspecified atom stereocenters. The lowest BCUT2D eigenvalue weighted by atomic mass is 10.2. The summed E-state index contributed by atoms with van der Waals surface area (Å²) >= 11 is 0. The summed E-state index contributed by atoms with van der Waals surface area (Å²) in [6, 6.07) is 7.77. The van der Waals surface area contributed by atoms with E-state index < -0.39 is 0 Å². The van der Waals surface area contributed by atoms with Gasteiger partial charge in [0.1, 0.15) is 0 Å². The van der Waals surface area contributed by atoms with E-state index in [1.807, 2.05) is 31.3 Å². The van der Waals surface area contributed by atoms with Crippen molar-refractivity contribution in [3.05, 3.63) is 30.7 Å². The summed E-state index contributed by atoms with van der Waals surface area (Å²) in [6.07, 6.45) is 1.32. The number of hydrogen-bond donors (Lipinski definition) is 1. The molecule has 0 aliphatic rings. The van der Waals surface area contributed by atoms with Crippen LogP contribution >= 0.6 is 0 Å². The van der Waals surface area contributed by atoms with E-state index in [0.717, 1.165) is 11.3 Å². The zero-order valence-electron chi connectivity index (χ0n) is 7.19. The molecule has 1 N–H and O–H groups in total. The zero-order valence-corrected chi connectivity index (χ0v) is 7.19. The number of rotatable bonds is 2. The minimum Gasteiger partial charge on any atom is -0.423 e. The minimum atomic E-state index is 0.532. The Morgan fingerprint density at radius 3 is 2.85 bits per heavy atom. The number of anilines is 1. The maximum atomic E-state index is 5.10. The van der Waals surface area contributed by atoms with Gasteiger partial charge in [0.2, 0.25) is 12.3 Å². The molecule has 0 amide bonds. The normalized spacial score (nSPS) is 9.92. The lowest BCUT2D eigenvalue weighted by Gasteiger charge is -2.03. The maximum absolute atomic E-state index is 5.10. The summed E-state index contributed by atoms with van der Waals surface area (Å²) in [5, 5.41) is 10.5. The predicted octanol–water partition coefficient (Wildman–Crippen LogP) is 1.78. The summed E-state index contributed by atoms with van der Waals surface area (Å²) in [5.74, 6) is 0.532. The highest BCUT2D eigenvalue weighted by Crippen LogP contribution is 2.24. The highest BCUT2D eigenvalue weighted by molar-refractivity contribution is 5.71. The molecule has 0 bridgehead atoms. The van der Waals surface area contributed by atoms with Crippen LogP contribution in [0.3, 0.4) is 0 Å². The van der Waals surface area contributed by atoms with Crippen LogP contribution in [0.4, 0.5) is 5.69 Å². The Hall–Kier alpha value is -1.84. The van der Waals surface area contributed by atoms with Crippen LogP contribution < -0.4 is 5.32 Å². The lowest BCUT2D eigenvalue weighted by Crippen LogP contribution is -1.91. The molecule has 13 heavy (non-hydrogen) atoms. The second kappa shape index (κ2) is 3.26. The molecular formula is C9H9N3O. The molecule has 1 aromatic carbocycles. The summed E-state index contributed by atoms with van der Waals surface area (Å²) in [4.78, 5) is 0. The second-order valence-electron chi connectivity index (χ2n) is 2.54. The summed E-state index contributed by atoms with van der Waals surface area (Å²) in [6.45, 7) is 0. The zero-order chi connectivity index (χ0) is 9.10. The molecule has 0 fully saturated rings. The Kier molecular flexibility index (Phi) is 1.96. The van der Waals surface area contributed by atoms with Gasteiger partial charge in [0.15, 0.2) is 0 Å². The molecule has 0 atom stereocenters. The van der Waals surface area contributed by atoms with Crippen molar-refractivity contribution in [3.8, 4) is 11.5 Å². The molecule has 66 valence electrons. The Balaban J connectivity index is 2.51. The number of aromatic nitrogens is 2. The molecule has 2 rings (SSSR count). The highest BCUT2D eigenvalue weighted by atomic mass is 16.4. The maximum Gasteiger partial charge on any atom is 0.249 e. The third-order valence-corrected chi connectivity index (χ3v) is 1.79. The second-order valence-corrected chi connectivity index (χ2v) is 2.54. The number of para-hydroxylation sites is 1. The number of hydrogen-bond acceptors (Lipinski definition) is 4. The van der Waals surface area contributed by atoms with Crippen LogP contribution in [0.15, 0.2) is 35.1 Å². The molecule has 0 radical (unpaired) electrons. The first-order valence-electron chi connectivity index (χ1n) is 3.95. The van der Waals surface area contributed by atoms with Gasteiger partial charge in [-0.25, -0.2) is 0 Å². The van der Waals surface area contributed by atoms with E-state index in [4.69, 9.17) is 4.42 Å². The smallest absolute Gasteiger partial charge is 0.249 e. The van der Waals surface area contributed by atoms with Gasteiger partial charge in [0.25, 0.3) is 0 Å². The fraction of sp³-hybridized carbons (Fsp3) is 0.111. The van der Waals surface area contributed by atoms with Crippen LogP contribution in [0.2, 0.25) is 0 Å². The van der Waals surface area contributed by atoms with Crippen molar-refractivity contribution < 1.29 is 4.42 Å². The molecule has 4 heteroatoms. The number of nitrogens with zero attached hydrogens (tertiary/aromatic N) is 2. The van der Waals surface area contributed by atoms with E-state index in [0.29, 0.717) is 5.89 Å². The molecule has 2 aromatic rings. The van der Waals surface area contributed by atoms with Gasteiger partial charge in [-0.2, -0.15) is 0 Å². The summed E-state index contributed by atoms with van der Waals surface area (Å²) < 4.78 is 5.10. The van der Waals surface area contributed by atoms with Crippen molar-refractivity contribution in [2.45, 2.75) is 0 Å². The average molecular weight is 175 g/mol. The SMILES string of the molecule is CNc1ccccc1-c1nnco1. The average Bonchev–Trinajstić information content (AvgIpc) is 2.70. The first-order chi connectivity index (χ1) is 6.42. The van der Waals surface area contributed by atoms with Crippen molar-refractivity contribution in [1.29, 1.82) is 0 Å². The monoisotopic (exact) mass is 175 g/mol. The molecule has 0 saturated carbocycles. The highest BCUT2D eigenvalue weighted by Gasteiger charge is 2.06. The fourth-order valence-electron chi connectivity index (χ4n) is 1.18. The van der Waals surface area contributed by atoms with E-state index in [9.17, 15) is 0 Å². The molecule has 0 spiro atoms. The van der Waals surface area contributed by atoms with Gasteiger partial charge in [-0.05, 0) is 12.1 Å². The van der Waals surface area contributed by atoms with E-state index in [1.165, 1.54) is 6.39 Å². The van der Waals surface area contributed by atoms with Crippen LogP contribution in [-0.4, -0.2) is 17.2 Å². The standard InChI is InChI=1S/C9H9N3O/c1-10-8-5-3-2-4-7(8)9-12-11-6-13-9/h2-6,10H,1H3. The third kappa shape index (κ3) is 1.38. The van der Waals surface area contributed by atoms with Gasteiger partial charge in [0, 0.05) is 12.7 Å². The van der Waals surface area contributed by atoms with Crippen LogP contribution in [0.5, 0.6) is 0 Å². The first-order valence-corrected chi connectivity index (χ1v) is 3.95. The van der Waals surface area contributed by atoms with Gasteiger partial charge in [-0.15, -0.1) is 10.2 Å². The van der Waals surface area contributed by atoms with E-state index in [2.05, 4.69) is 15.5 Å². The van der Waals surface area contributed by atoms with Gasteiger partial charge in [0.05, 0.1) is 5.56 Å². The van der Waals surface area contributed by atoms with Crippen molar-refractivity contribution >= 4 is 5.69 Å². The summed E-state index contributed by atoms with van der Waals surface area (Å²) in [5.41, 5.74) is 1.90. The van der Waals surface area contributed by atoms with E-state index in [1.54, 1.807) is 0 Å². The Bertz CT molecular complexity index is 384. The molecule has 4 nitrogen and oxygen atoms in total. The lowest BCUT2D eigenvalue weighted by molar-refractivity contribution is 0.569. The Morgan fingerprint density at radius 2 is 2.15 bits per heavy atom.